The van der Waals surface area contributed by atoms with Crippen molar-refractivity contribution in [3.8, 4) is 0 Å². The van der Waals surface area contributed by atoms with Gasteiger partial charge in [-0.2, -0.15) is 5.11 Å². The molecule has 0 aliphatic heterocycles. The number of hydrogen-bond donors (Lipinski definition) is 1. The zero-order chi connectivity index (χ0) is 11.5. The molecule has 0 unspecified atom stereocenters. The predicted molar refractivity (Wildman–Crippen MR) is 59.6 cm³/mol. The van der Waals surface area contributed by atoms with Crippen molar-refractivity contribution in [2.45, 2.75) is 19.8 Å². The van der Waals surface area contributed by atoms with E-state index in [4.69, 9.17) is 0 Å². The van der Waals surface area contributed by atoms with Crippen LogP contribution in [0.4, 0.5) is 5.69 Å². The third kappa shape index (κ3) is 2.16. The quantitative estimate of drug-likeness (QED) is 0.771. The lowest BCUT2D eigenvalue weighted by Gasteiger charge is -1.94. The maximum absolute atomic E-state index is 11.3. The molecule has 1 N–H and O–H groups in total. The predicted octanol–water partition coefficient (Wildman–Crippen LogP) is 3.21. The molecule has 4 heteroatoms. The SMILES string of the molecule is Cc1ccc(N=NC2=C(O)CCC2=O)cc1. The van der Waals surface area contributed by atoms with E-state index in [1.165, 1.54) is 0 Å². The second-order valence-electron chi connectivity index (χ2n) is 3.75. The first-order valence-electron chi connectivity index (χ1n) is 5.10. The second-order valence-corrected chi connectivity index (χ2v) is 3.75. The van der Waals surface area contributed by atoms with Gasteiger partial charge in [-0.05, 0) is 19.1 Å². The van der Waals surface area contributed by atoms with E-state index >= 15 is 0 Å². The lowest BCUT2D eigenvalue weighted by atomic mass is 10.2. The number of hydrogen-bond acceptors (Lipinski definition) is 4. The first-order valence-corrected chi connectivity index (χ1v) is 5.10. The highest BCUT2D eigenvalue weighted by atomic mass is 16.3. The third-order valence-electron chi connectivity index (χ3n) is 2.43. The molecular weight excluding hydrogens is 204 g/mol. The highest BCUT2D eigenvalue weighted by Gasteiger charge is 2.22. The Morgan fingerprint density at radius 2 is 1.81 bits per heavy atom. The first-order chi connectivity index (χ1) is 7.66. The third-order valence-corrected chi connectivity index (χ3v) is 2.43. The number of carbonyl (C=O) groups is 1. The van der Waals surface area contributed by atoms with E-state index in [9.17, 15) is 9.90 Å². The van der Waals surface area contributed by atoms with Crippen LogP contribution < -0.4 is 0 Å². The summed E-state index contributed by atoms with van der Waals surface area (Å²) in [6, 6.07) is 7.46. The average Bonchev–Trinajstić information content (AvgIpc) is 2.59. The molecule has 4 nitrogen and oxygen atoms in total. The largest absolute Gasteiger partial charge is 0.510 e. The number of aliphatic hydroxyl groups excluding tert-OH is 1. The highest BCUT2D eigenvalue weighted by Crippen LogP contribution is 2.23. The molecule has 0 radical (unpaired) electrons. The van der Waals surface area contributed by atoms with Gasteiger partial charge in [0.05, 0.1) is 5.69 Å². The molecule has 0 bridgehead atoms. The zero-order valence-electron chi connectivity index (χ0n) is 8.97. The number of carbonyl (C=O) groups excluding carboxylic acids is 1. The maximum Gasteiger partial charge on any atom is 0.186 e. The fraction of sp³-hybridized carbons (Fsp3) is 0.250. The van der Waals surface area contributed by atoms with Gasteiger partial charge in [0.25, 0.3) is 0 Å². The molecular formula is C12H12N2O2. The molecule has 2 rings (SSSR count). The molecule has 0 heterocycles. The molecule has 0 fully saturated rings. The number of benzene rings is 1. The fourth-order valence-electron chi connectivity index (χ4n) is 1.46. The Hall–Kier alpha value is -1.97. The topological polar surface area (TPSA) is 62.0 Å². The molecule has 82 valence electrons. The van der Waals surface area contributed by atoms with Gasteiger partial charge >= 0.3 is 0 Å². The van der Waals surface area contributed by atoms with Crippen LogP contribution in [0, 0.1) is 6.92 Å². The van der Waals surface area contributed by atoms with E-state index in [1.54, 1.807) is 0 Å². The van der Waals surface area contributed by atoms with Crippen LogP contribution in [0.1, 0.15) is 18.4 Å². The molecule has 1 aromatic rings. The Kier molecular flexibility index (Phi) is 2.81. The van der Waals surface area contributed by atoms with Crippen LogP contribution in [-0.2, 0) is 4.79 Å². The number of ketones is 1. The number of nitrogens with zero attached hydrogens (tertiary/aromatic N) is 2. The summed E-state index contributed by atoms with van der Waals surface area (Å²) < 4.78 is 0. The van der Waals surface area contributed by atoms with Gasteiger partial charge in [0, 0.05) is 12.8 Å². The molecule has 0 atom stereocenters. The monoisotopic (exact) mass is 216 g/mol. The van der Waals surface area contributed by atoms with Crippen LogP contribution in [-0.4, -0.2) is 10.9 Å². The van der Waals surface area contributed by atoms with Crippen molar-refractivity contribution in [3.63, 3.8) is 0 Å². The van der Waals surface area contributed by atoms with E-state index < -0.39 is 0 Å². The summed E-state index contributed by atoms with van der Waals surface area (Å²) in [6.07, 6.45) is 0.704. The zero-order valence-corrected chi connectivity index (χ0v) is 8.97. The lowest BCUT2D eigenvalue weighted by Crippen LogP contribution is -1.92. The van der Waals surface area contributed by atoms with Crippen molar-refractivity contribution < 1.29 is 9.90 Å². The number of aryl methyl sites for hydroxylation is 1. The molecule has 1 aromatic carbocycles. The number of allylic oxidation sites excluding steroid dienone is 2. The van der Waals surface area contributed by atoms with Gasteiger partial charge in [0.15, 0.2) is 11.5 Å². The van der Waals surface area contributed by atoms with Crippen LogP contribution in [0.15, 0.2) is 46.0 Å². The average molecular weight is 216 g/mol. The van der Waals surface area contributed by atoms with Gasteiger partial charge < -0.3 is 5.11 Å². The van der Waals surface area contributed by atoms with Gasteiger partial charge in [0.2, 0.25) is 0 Å². The van der Waals surface area contributed by atoms with Gasteiger partial charge in [0.1, 0.15) is 5.76 Å². The molecule has 0 saturated carbocycles. The van der Waals surface area contributed by atoms with Crippen LogP contribution in [0.3, 0.4) is 0 Å². The fourth-order valence-corrected chi connectivity index (χ4v) is 1.46. The van der Waals surface area contributed by atoms with E-state index in [0.29, 0.717) is 18.5 Å². The van der Waals surface area contributed by atoms with Gasteiger partial charge in [-0.15, -0.1) is 5.11 Å². The normalized spacial score (nSPS) is 16.4. The summed E-state index contributed by atoms with van der Waals surface area (Å²) in [7, 11) is 0. The Morgan fingerprint density at radius 1 is 1.12 bits per heavy atom. The van der Waals surface area contributed by atoms with Crippen LogP contribution in [0.25, 0.3) is 0 Å². The van der Waals surface area contributed by atoms with E-state index in [1.807, 2.05) is 31.2 Å². The first kappa shape index (κ1) is 10.5. The number of azo groups is 1. The molecule has 1 aliphatic rings. The van der Waals surface area contributed by atoms with Crippen molar-refractivity contribution in [2.24, 2.45) is 10.2 Å². The summed E-state index contributed by atoms with van der Waals surface area (Å²) in [5.74, 6) is -0.103. The molecule has 0 saturated heterocycles. The van der Waals surface area contributed by atoms with Crippen molar-refractivity contribution in [1.82, 2.24) is 0 Å². The second kappa shape index (κ2) is 4.26. The summed E-state index contributed by atoms with van der Waals surface area (Å²) in [5.41, 5.74) is 1.91. The van der Waals surface area contributed by atoms with Gasteiger partial charge in [-0.3, -0.25) is 4.79 Å². The summed E-state index contributed by atoms with van der Waals surface area (Å²) in [6.45, 7) is 1.98. The van der Waals surface area contributed by atoms with Gasteiger partial charge in [-0.25, -0.2) is 0 Å². The molecule has 16 heavy (non-hydrogen) atoms. The molecule has 0 aromatic heterocycles. The number of aliphatic hydroxyl groups is 1. The van der Waals surface area contributed by atoms with Crippen molar-refractivity contribution >= 4 is 11.5 Å². The summed E-state index contributed by atoms with van der Waals surface area (Å²) in [4.78, 5) is 11.3. The van der Waals surface area contributed by atoms with Crippen molar-refractivity contribution in [3.05, 3.63) is 41.3 Å². The summed E-state index contributed by atoms with van der Waals surface area (Å²) in [5, 5.41) is 17.1. The standard InChI is InChI=1S/C12H12N2O2/c1-8-2-4-9(5-3-8)13-14-12-10(15)6-7-11(12)16/h2-5,15H,6-7H2,1H3. The minimum absolute atomic E-state index is 0.0425. The smallest absolute Gasteiger partial charge is 0.186 e. The Bertz CT molecular complexity index is 472. The van der Waals surface area contributed by atoms with Crippen molar-refractivity contribution in [1.29, 1.82) is 0 Å². The van der Waals surface area contributed by atoms with Gasteiger partial charge in [-0.1, -0.05) is 17.7 Å². The van der Waals surface area contributed by atoms with Crippen LogP contribution >= 0.6 is 0 Å². The highest BCUT2D eigenvalue weighted by molar-refractivity contribution is 5.97. The minimum Gasteiger partial charge on any atom is -0.510 e. The maximum atomic E-state index is 11.3. The molecule has 0 amide bonds. The van der Waals surface area contributed by atoms with E-state index in [0.717, 1.165) is 5.56 Å². The van der Waals surface area contributed by atoms with E-state index in [2.05, 4.69) is 10.2 Å². The van der Waals surface area contributed by atoms with Crippen molar-refractivity contribution in [2.75, 3.05) is 0 Å². The van der Waals surface area contributed by atoms with Crippen LogP contribution in [0.2, 0.25) is 0 Å². The summed E-state index contributed by atoms with van der Waals surface area (Å²) >= 11 is 0. The Morgan fingerprint density at radius 3 is 2.38 bits per heavy atom. The minimum atomic E-state index is -0.145. The van der Waals surface area contributed by atoms with E-state index in [-0.39, 0.29) is 17.2 Å². The lowest BCUT2D eigenvalue weighted by molar-refractivity contribution is -0.114. The number of rotatable bonds is 2. The van der Waals surface area contributed by atoms with Crippen LogP contribution in [0.5, 0.6) is 0 Å². The molecule has 0 spiro atoms. The molecule has 1 aliphatic carbocycles. The number of Topliss-reactive ketones (excluding diaryl/α,β-unsaturated/α-hetero) is 1. The Balaban J connectivity index is 2.18. The Labute approximate surface area is 93.3 Å².